The lowest BCUT2D eigenvalue weighted by Gasteiger charge is -2.07. The van der Waals surface area contributed by atoms with Gasteiger partial charge in [0.15, 0.2) is 0 Å². The van der Waals surface area contributed by atoms with Crippen LogP contribution in [0.2, 0.25) is 0 Å². The third-order valence-electron chi connectivity index (χ3n) is 3.62. The number of aromatic nitrogens is 3. The molecule has 3 aromatic rings. The molecule has 0 bridgehead atoms. The second-order valence-corrected chi connectivity index (χ2v) is 5.06. The molecule has 108 valence electrons. The van der Waals surface area contributed by atoms with Crippen LogP contribution in [0.1, 0.15) is 16.9 Å². The van der Waals surface area contributed by atoms with E-state index in [1.807, 2.05) is 52.7 Å². The molecule has 2 heterocycles. The summed E-state index contributed by atoms with van der Waals surface area (Å²) < 4.78 is 3.93. The van der Waals surface area contributed by atoms with E-state index in [1.54, 1.807) is 12.5 Å². The van der Waals surface area contributed by atoms with Crippen LogP contribution in [0.15, 0.2) is 49.1 Å². The minimum Gasteiger partial charge on any atom is -0.351 e. The number of carbonyl (C=O) groups is 1. The molecule has 1 amide bonds. The zero-order chi connectivity index (χ0) is 14.7. The molecule has 21 heavy (non-hydrogen) atoms. The molecule has 0 aliphatic heterocycles. The summed E-state index contributed by atoms with van der Waals surface area (Å²) in [5, 5.41) is 4.06. The number of nitrogens with one attached hydrogen (secondary N) is 1. The van der Waals surface area contributed by atoms with Crippen molar-refractivity contribution in [3.8, 4) is 0 Å². The second kappa shape index (κ2) is 5.83. The van der Waals surface area contributed by atoms with Gasteiger partial charge in [-0.2, -0.15) is 0 Å². The molecule has 0 fully saturated rings. The van der Waals surface area contributed by atoms with E-state index in [0.717, 1.165) is 23.9 Å². The first kappa shape index (κ1) is 13.4. The Bertz CT molecular complexity index is 743. The quantitative estimate of drug-likeness (QED) is 0.729. The monoisotopic (exact) mass is 282 g/mol. The highest BCUT2D eigenvalue weighted by atomic mass is 16.1. The van der Waals surface area contributed by atoms with Crippen molar-refractivity contribution in [2.45, 2.75) is 13.0 Å². The molecule has 3 rings (SSSR count). The summed E-state index contributed by atoms with van der Waals surface area (Å²) in [6, 6.07) is 9.93. The Hall–Kier alpha value is -2.56. The maximum absolute atomic E-state index is 12.2. The smallest absolute Gasteiger partial charge is 0.267 e. The van der Waals surface area contributed by atoms with Crippen LogP contribution in [0.3, 0.4) is 0 Å². The normalized spacial score (nSPS) is 10.9. The molecule has 1 aromatic carbocycles. The standard InChI is InChI=1S/C16H18N4O/c1-19-14-6-3-2-5-13(14)11-15(19)16(21)18-7-4-9-20-10-8-17-12-20/h2-3,5-6,8,10-12H,4,7,9H2,1H3,(H,18,21). The lowest BCUT2D eigenvalue weighted by atomic mass is 10.2. The fourth-order valence-electron chi connectivity index (χ4n) is 2.48. The Balaban J connectivity index is 1.60. The molecule has 0 radical (unpaired) electrons. The van der Waals surface area contributed by atoms with Crippen molar-refractivity contribution in [3.05, 3.63) is 54.7 Å². The highest BCUT2D eigenvalue weighted by Gasteiger charge is 2.12. The number of rotatable bonds is 5. The van der Waals surface area contributed by atoms with Crippen LogP contribution in [0.25, 0.3) is 10.9 Å². The zero-order valence-electron chi connectivity index (χ0n) is 12.0. The maximum atomic E-state index is 12.2. The van der Waals surface area contributed by atoms with Gasteiger partial charge in [-0.1, -0.05) is 18.2 Å². The van der Waals surface area contributed by atoms with Crippen molar-refractivity contribution < 1.29 is 4.79 Å². The first-order valence-electron chi connectivity index (χ1n) is 7.04. The number of amides is 1. The van der Waals surface area contributed by atoms with E-state index in [4.69, 9.17) is 0 Å². The average molecular weight is 282 g/mol. The van der Waals surface area contributed by atoms with Crippen LogP contribution in [-0.4, -0.2) is 26.6 Å². The molecule has 0 unspecified atom stereocenters. The Morgan fingerprint density at radius 1 is 1.33 bits per heavy atom. The molecule has 2 aromatic heterocycles. The summed E-state index contributed by atoms with van der Waals surface area (Å²) >= 11 is 0. The minimum atomic E-state index is -0.0284. The fourth-order valence-corrected chi connectivity index (χ4v) is 2.48. The van der Waals surface area contributed by atoms with Gasteiger partial charge < -0.3 is 14.5 Å². The maximum Gasteiger partial charge on any atom is 0.267 e. The number of para-hydroxylation sites is 1. The highest BCUT2D eigenvalue weighted by molar-refractivity contribution is 5.98. The summed E-state index contributed by atoms with van der Waals surface area (Å²) in [4.78, 5) is 16.2. The Kier molecular flexibility index (Phi) is 3.73. The van der Waals surface area contributed by atoms with E-state index in [2.05, 4.69) is 10.3 Å². The Morgan fingerprint density at radius 3 is 2.95 bits per heavy atom. The average Bonchev–Trinajstić information content (AvgIpc) is 3.12. The highest BCUT2D eigenvalue weighted by Crippen LogP contribution is 2.18. The summed E-state index contributed by atoms with van der Waals surface area (Å²) in [5.41, 5.74) is 1.76. The number of carbonyl (C=O) groups excluding carboxylic acids is 1. The summed E-state index contributed by atoms with van der Waals surface area (Å²) in [6.45, 7) is 1.51. The van der Waals surface area contributed by atoms with Gasteiger partial charge in [-0.15, -0.1) is 0 Å². The van der Waals surface area contributed by atoms with E-state index >= 15 is 0 Å². The Morgan fingerprint density at radius 2 is 2.19 bits per heavy atom. The number of nitrogens with zero attached hydrogens (tertiary/aromatic N) is 3. The second-order valence-electron chi connectivity index (χ2n) is 5.06. The van der Waals surface area contributed by atoms with Crippen LogP contribution < -0.4 is 5.32 Å². The van der Waals surface area contributed by atoms with Gasteiger partial charge in [0, 0.05) is 43.4 Å². The van der Waals surface area contributed by atoms with Gasteiger partial charge in [0.05, 0.1) is 6.33 Å². The summed E-state index contributed by atoms with van der Waals surface area (Å²) in [7, 11) is 1.92. The van der Waals surface area contributed by atoms with Crippen molar-refractivity contribution in [3.63, 3.8) is 0 Å². The zero-order valence-corrected chi connectivity index (χ0v) is 12.0. The van der Waals surface area contributed by atoms with Crippen molar-refractivity contribution >= 4 is 16.8 Å². The first-order chi connectivity index (χ1) is 10.3. The van der Waals surface area contributed by atoms with E-state index < -0.39 is 0 Å². The number of hydrogen-bond donors (Lipinski definition) is 1. The number of fused-ring (bicyclic) bond motifs is 1. The topological polar surface area (TPSA) is 51.9 Å². The van der Waals surface area contributed by atoms with Crippen LogP contribution >= 0.6 is 0 Å². The van der Waals surface area contributed by atoms with Gasteiger partial charge in [-0.25, -0.2) is 4.98 Å². The molecule has 0 saturated carbocycles. The van der Waals surface area contributed by atoms with Gasteiger partial charge in [-0.3, -0.25) is 4.79 Å². The molecule has 1 N–H and O–H groups in total. The molecule has 0 aliphatic carbocycles. The van der Waals surface area contributed by atoms with Crippen LogP contribution in [0, 0.1) is 0 Å². The third-order valence-corrected chi connectivity index (χ3v) is 3.62. The Labute approximate surface area is 123 Å². The molecule has 0 saturated heterocycles. The minimum absolute atomic E-state index is 0.0284. The third kappa shape index (κ3) is 2.81. The molecule has 0 atom stereocenters. The number of benzene rings is 1. The van der Waals surface area contributed by atoms with Gasteiger partial charge >= 0.3 is 0 Å². The van der Waals surface area contributed by atoms with Crippen molar-refractivity contribution in [1.29, 1.82) is 0 Å². The lowest BCUT2D eigenvalue weighted by Crippen LogP contribution is -2.26. The predicted molar refractivity (Wildman–Crippen MR) is 82.1 cm³/mol. The molecular formula is C16H18N4O. The van der Waals surface area contributed by atoms with E-state index in [0.29, 0.717) is 12.2 Å². The lowest BCUT2D eigenvalue weighted by molar-refractivity contribution is 0.0945. The molecule has 5 nitrogen and oxygen atoms in total. The van der Waals surface area contributed by atoms with E-state index in [1.165, 1.54) is 0 Å². The first-order valence-corrected chi connectivity index (χ1v) is 7.04. The SMILES string of the molecule is Cn1c(C(=O)NCCCn2ccnc2)cc2ccccc21. The fraction of sp³-hybridized carbons (Fsp3) is 0.250. The van der Waals surface area contributed by atoms with Crippen LogP contribution in [-0.2, 0) is 13.6 Å². The summed E-state index contributed by atoms with van der Waals surface area (Å²) in [6.07, 6.45) is 6.34. The largest absolute Gasteiger partial charge is 0.351 e. The summed E-state index contributed by atoms with van der Waals surface area (Å²) in [5.74, 6) is -0.0284. The van der Waals surface area contributed by atoms with Crippen molar-refractivity contribution in [1.82, 2.24) is 19.4 Å². The van der Waals surface area contributed by atoms with E-state index in [9.17, 15) is 4.79 Å². The molecule has 5 heteroatoms. The van der Waals surface area contributed by atoms with Gasteiger partial charge in [0.25, 0.3) is 5.91 Å². The predicted octanol–water partition coefficient (Wildman–Crippen LogP) is 2.19. The molecule has 0 aliphatic rings. The number of hydrogen-bond acceptors (Lipinski definition) is 2. The van der Waals surface area contributed by atoms with Gasteiger partial charge in [0.1, 0.15) is 5.69 Å². The number of imidazole rings is 1. The number of aryl methyl sites for hydroxylation is 2. The van der Waals surface area contributed by atoms with Crippen molar-refractivity contribution in [2.75, 3.05) is 6.54 Å². The molecular weight excluding hydrogens is 264 g/mol. The molecule has 0 spiro atoms. The van der Waals surface area contributed by atoms with E-state index in [-0.39, 0.29) is 5.91 Å². The van der Waals surface area contributed by atoms with Gasteiger partial charge in [0.2, 0.25) is 0 Å². The van der Waals surface area contributed by atoms with Crippen molar-refractivity contribution in [2.24, 2.45) is 7.05 Å². The van der Waals surface area contributed by atoms with Gasteiger partial charge in [-0.05, 0) is 18.6 Å². The van der Waals surface area contributed by atoms with Crippen LogP contribution in [0.4, 0.5) is 0 Å². The van der Waals surface area contributed by atoms with Crippen LogP contribution in [0.5, 0.6) is 0 Å².